The largest absolute Gasteiger partial charge is 0.416 e. The monoisotopic (exact) mass is 373 g/mol. The lowest BCUT2D eigenvalue weighted by atomic mass is 9.83. The first-order valence-corrected chi connectivity index (χ1v) is 7.34. The quantitative estimate of drug-likeness (QED) is 0.315. The molecule has 2 atom stereocenters. The molecule has 0 fully saturated rings. The van der Waals surface area contributed by atoms with Crippen molar-refractivity contribution in [1.82, 2.24) is 0 Å². The Hall–Kier alpha value is -2.28. The standard InChI is InChI=1S/C16H12ClF4N3O/c1-15(23-24-22,10-3-5-11(6-4-10)16(19,20)21)14(25)9-2-7-12(17)13(18)8-9/h2-8,14,25H,1H3/t14-,15+/m1/s1. The summed E-state index contributed by atoms with van der Waals surface area (Å²) in [7, 11) is 0. The minimum absolute atomic E-state index is 0.0664. The Morgan fingerprint density at radius 1 is 1.12 bits per heavy atom. The van der Waals surface area contributed by atoms with Crippen molar-refractivity contribution in [2.24, 2.45) is 5.11 Å². The lowest BCUT2D eigenvalue weighted by molar-refractivity contribution is -0.137. The fraction of sp³-hybridized carbons (Fsp3) is 0.250. The number of hydrogen-bond donors (Lipinski definition) is 1. The van der Waals surface area contributed by atoms with Gasteiger partial charge in [-0.3, -0.25) is 0 Å². The fourth-order valence-corrected chi connectivity index (χ4v) is 2.48. The van der Waals surface area contributed by atoms with E-state index in [1.807, 2.05) is 0 Å². The summed E-state index contributed by atoms with van der Waals surface area (Å²) in [5.41, 5.74) is 6.48. The molecule has 0 aliphatic rings. The Bertz CT molecular complexity index is 819. The highest BCUT2D eigenvalue weighted by Crippen LogP contribution is 2.40. The second kappa shape index (κ2) is 6.92. The molecule has 0 heterocycles. The van der Waals surface area contributed by atoms with Crippen LogP contribution in [0, 0.1) is 5.82 Å². The van der Waals surface area contributed by atoms with Crippen LogP contribution in [0.1, 0.15) is 29.7 Å². The maximum Gasteiger partial charge on any atom is 0.416 e. The van der Waals surface area contributed by atoms with Crippen LogP contribution >= 0.6 is 11.6 Å². The third-order valence-electron chi connectivity index (χ3n) is 3.84. The van der Waals surface area contributed by atoms with Gasteiger partial charge < -0.3 is 5.11 Å². The molecule has 0 aromatic heterocycles. The summed E-state index contributed by atoms with van der Waals surface area (Å²) in [5, 5.41) is 14.0. The van der Waals surface area contributed by atoms with E-state index in [4.69, 9.17) is 17.1 Å². The first-order valence-electron chi connectivity index (χ1n) is 6.96. The Kier molecular flexibility index (Phi) is 5.27. The van der Waals surface area contributed by atoms with Crippen molar-refractivity contribution in [2.45, 2.75) is 24.7 Å². The molecule has 0 spiro atoms. The maximum absolute atomic E-state index is 13.6. The molecule has 0 saturated carbocycles. The summed E-state index contributed by atoms with van der Waals surface area (Å²) < 4.78 is 51.7. The minimum Gasteiger partial charge on any atom is -0.387 e. The second-order valence-electron chi connectivity index (χ2n) is 5.49. The van der Waals surface area contributed by atoms with Gasteiger partial charge in [0.1, 0.15) is 11.4 Å². The Labute approximate surface area is 145 Å². The normalized spacial score (nSPS) is 15.2. The van der Waals surface area contributed by atoms with E-state index in [2.05, 4.69) is 10.0 Å². The molecule has 0 saturated heterocycles. The summed E-state index contributed by atoms with van der Waals surface area (Å²) >= 11 is 5.59. The van der Waals surface area contributed by atoms with Gasteiger partial charge in [0.15, 0.2) is 0 Å². The predicted octanol–water partition coefficient (Wildman–Crippen LogP) is 5.76. The smallest absolute Gasteiger partial charge is 0.387 e. The Morgan fingerprint density at radius 3 is 2.16 bits per heavy atom. The summed E-state index contributed by atoms with van der Waals surface area (Å²) in [4.78, 5) is 2.66. The molecule has 9 heteroatoms. The fourth-order valence-electron chi connectivity index (χ4n) is 2.37. The molecule has 1 N–H and O–H groups in total. The molecule has 2 rings (SSSR count). The highest BCUT2D eigenvalue weighted by Gasteiger charge is 2.37. The molecule has 2 aromatic carbocycles. The van der Waals surface area contributed by atoms with Gasteiger partial charge in [-0.25, -0.2) is 4.39 Å². The van der Waals surface area contributed by atoms with Gasteiger partial charge >= 0.3 is 6.18 Å². The maximum atomic E-state index is 13.6. The molecule has 0 aliphatic carbocycles. The number of nitrogens with zero attached hydrogens (tertiary/aromatic N) is 3. The first kappa shape index (κ1) is 19.1. The number of halogens is 5. The molecule has 0 bridgehead atoms. The van der Waals surface area contributed by atoms with Crippen molar-refractivity contribution in [3.8, 4) is 0 Å². The molecule has 25 heavy (non-hydrogen) atoms. The topological polar surface area (TPSA) is 69.0 Å². The van der Waals surface area contributed by atoms with Crippen molar-refractivity contribution >= 4 is 11.6 Å². The lowest BCUT2D eigenvalue weighted by Crippen LogP contribution is -2.28. The average molecular weight is 374 g/mol. The highest BCUT2D eigenvalue weighted by atomic mass is 35.5. The van der Waals surface area contributed by atoms with E-state index in [0.717, 1.165) is 30.3 Å². The van der Waals surface area contributed by atoms with Crippen LogP contribution < -0.4 is 0 Å². The van der Waals surface area contributed by atoms with Gasteiger partial charge in [-0.1, -0.05) is 34.9 Å². The van der Waals surface area contributed by atoms with Gasteiger partial charge in [-0.05, 0) is 47.8 Å². The van der Waals surface area contributed by atoms with Gasteiger partial charge in [0, 0.05) is 4.91 Å². The zero-order valence-electron chi connectivity index (χ0n) is 12.8. The first-order chi connectivity index (χ1) is 11.6. The average Bonchev–Trinajstić information content (AvgIpc) is 2.56. The molecule has 4 nitrogen and oxygen atoms in total. The van der Waals surface area contributed by atoms with Gasteiger partial charge in [0.25, 0.3) is 0 Å². The third-order valence-corrected chi connectivity index (χ3v) is 4.15. The zero-order valence-corrected chi connectivity index (χ0v) is 13.6. The molecule has 0 unspecified atom stereocenters. The van der Waals surface area contributed by atoms with Crippen LogP contribution in [0.5, 0.6) is 0 Å². The van der Waals surface area contributed by atoms with E-state index in [-0.39, 0.29) is 16.1 Å². The van der Waals surface area contributed by atoms with Crippen LogP contribution in [0.2, 0.25) is 5.02 Å². The number of hydrogen-bond acceptors (Lipinski definition) is 2. The summed E-state index contributed by atoms with van der Waals surface area (Å²) in [6.45, 7) is 1.34. The molecule has 0 radical (unpaired) electrons. The van der Waals surface area contributed by atoms with Crippen molar-refractivity contribution < 1.29 is 22.7 Å². The number of azide groups is 1. The molecule has 0 amide bonds. The van der Waals surface area contributed by atoms with Crippen LogP contribution in [-0.2, 0) is 11.7 Å². The van der Waals surface area contributed by atoms with Crippen LogP contribution in [0.3, 0.4) is 0 Å². The molecule has 0 aliphatic heterocycles. The molecule has 2 aromatic rings. The van der Waals surface area contributed by atoms with Crippen LogP contribution in [0.25, 0.3) is 10.4 Å². The van der Waals surface area contributed by atoms with E-state index in [1.54, 1.807) is 0 Å². The van der Waals surface area contributed by atoms with Crippen molar-refractivity contribution in [2.75, 3.05) is 0 Å². The Morgan fingerprint density at radius 2 is 1.68 bits per heavy atom. The van der Waals surface area contributed by atoms with E-state index in [9.17, 15) is 22.7 Å². The van der Waals surface area contributed by atoms with Gasteiger partial charge in [-0.2, -0.15) is 13.2 Å². The van der Waals surface area contributed by atoms with Crippen molar-refractivity contribution in [3.05, 3.63) is 80.4 Å². The number of alkyl halides is 3. The molecular weight excluding hydrogens is 362 g/mol. The SMILES string of the molecule is C[C@](N=[N+]=[N-])(c1ccc(C(F)(F)F)cc1)[C@H](O)c1ccc(Cl)c(F)c1. The van der Waals surface area contributed by atoms with Crippen molar-refractivity contribution in [1.29, 1.82) is 0 Å². The van der Waals surface area contributed by atoms with Crippen LogP contribution in [-0.4, -0.2) is 5.11 Å². The molecule has 132 valence electrons. The Balaban J connectivity index is 2.50. The number of aliphatic hydroxyl groups is 1. The van der Waals surface area contributed by atoms with Gasteiger partial charge in [-0.15, -0.1) is 0 Å². The second-order valence-corrected chi connectivity index (χ2v) is 5.90. The number of aliphatic hydroxyl groups excluding tert-OH is 1. The van der Waals surface area contributed by atoms with E-state index in [1.165, 1.54) is 19.1 Å². The van der Waals surface area contributed by atoms with E-state index >= 15 is 0 Å². The van der Waals surface area contributed by atoms with Crippen LogP contribution in [0.4, 0.5) is 17.6 Å². The summed E-state index contributed by atoms with van der Waals surface area (Å²) in [6, 6.07) is 7.37. The van der Waals surface area contributed by atoms with E-state index < -0.39 is 29.2 Å². The van der Waals surface area contributed by atoms with Crippen molar-refractivity contribution in [3.63, 3.8) is 0 Å². The van der Waals surface area contributed by atoms with E-state index in [0.29, 0.717) is 0 Å². The lowest BCUT2D eigenvalue weighted by Gasteiger charge is -2.31. The molecular formula is C16H12ClF4N3O. The minimum atomic E-state index is -4.52. The number of benzene rings is 2. The van der Waals surface area contributed by atoms with Gasteiger partial charge in [0.2, 0.25) is 0 Å². The predicted molar refractivity (Wildman–Crippen MR) is 84.3 cm³/mol. The summed E-state index contributed by atoms with van der Waals surface area (Å²) in [6.07, 6.45) is -6.03. The number of rotatable bonds is 4. The summed E-state index contributed by atoms with van der Waals surface area (Å²) in [5.74, 6) is -0.783. The zero-order chi connectivity index (χ0) is 18.8. The van der Waals surface area contributed by atoms with Gasteiger partial charge in [0.05, 0.1) is 16.7 Å². The third kappa shape index (κ3) is 3.87. The van der Waals surface area contributed by atoms with Crippen LogP contribution in [0.15, 0.2) is 47.6 Å². The highest BCUT2D eigenvalue weighted by molar-refractivity contribution is 6.30.